The molecule has 0 aliphatic heterocycles. The molecule has 1 N–H and O–H groups in total. The van der Waals surface area contributed by atoms with Crippen molar-refractivity contribution in [3.63, 3.8) is 0 Å². The van der Waals surface area contributed by atoms with Crippen molar-refractivity contribution in [3.8, 4) is 0 Å². The Morgan fingerprint density at radius 3 is 2.67 bits per heavy atom. The van der Waals surface area contributed by atoms with Crippen LogP contribution in [0.4, 0.5) is 5.00 Å². The summed E-state index contributed by atoms with van der Waals surface area (Å²) in [6.45, 7) is 10.4. The molecule has 0 aliphatic rings. The molecule has 1 heterocycles. The van der Waals surface area contributed by atoms with Gasteiger partial charge in [-0.15, -0.1) is 11.3 Å². The summed E-state index contributed by atoms with van der Waals surface area (Å²) in [6, 6.07) is 0. The van der Waals surface area contributed by atoms with Crippen molar-refractivity contribution < 1.29 is 9.53 Å². The Morgan fingerprint density at radius 2 is 2.11 bits per heavy atom. The minimum atomic E-state index is -0.427. The number of thiazole rings is 1. The highest BCUT2D eigenvalue weighted by Gasteiger charge is 2.17. The second-order valence-electron chi connectivity index (χ2n) is 4.69. The topological polar surface area (TPSA) is 51.2 Å². The van der Waals surface area contributed by atoms with E-state index in [1.807, 2.05) is 13.8 Å². The number of carbonyl (C=O) groups excluding carboxylic acids is 1. The predicted molar refractivity (Wildman–Crippen MR) is 75.1 cm³/mol. The van der Waals surface area contributed by atoms with Crippen LogP contribution in [0.5, 0.6) is 0 Å². The van der Waals surface area contributed by atoms with Gasteiger partial charge in [0.1, 0.15) is 11.1 Å². The van der Waals surface area contributed by atoms with Crippen LogP contribution in [-0.4, -0.2) is 23.6 Å². The van der Waals surface area contributed by atoms with Gasteiger partial charge in [0.15, 0.2) is 0 Å². The zero-order chi connectivity index (χ0) is 13.7. The highest BCUT2D eigenvalue weighted by molar-refractivity contribution is 7.16. The normalized spacial score (nSPS) is 12.8. The maximum Gasteiger partial charge on any atom is 0.253 e. The number of anilines is 1. The van der Waals surface area contributed by atoms with Crippen LogP contribution >= 0.6 is 11.3 Å². The van der Waals surface area contributed by atoms with Crippen LogP contribution < -0.4 is 5.32 Å². The number of hydrogen-bond acceptors (Lipinski definition) is 4. The highest BCUT2D eigenvalue weighted by Crippen LogP contribution is 2.26. The fourth-order valence-corrected chi connectivity index (χ4v) is 2.48. The molecule has 0 bridgehead atoms. The Bertz CT molecular complexity index is 402. The third-order valence-electron chi connectivity index (χ3n) is 2.43. The van der Waals surface area contributed by atoms with Gasteiger partial charge in [0, 0.05) is 6.61 Å². The van der Waals surface area contributed by atoms with Crippen molar-refractivity contribution in [3.05, 3.63) is 10.7 Å². The SMILES string of the molecule is CCOC(C)C(=O)Nc1sc(C)nc1CC(C)C. The van der Waals surface area contributed by atoms with Crippen molar-refractivity contribution >= 4 is 22.2 Å². The fraction of sp³-hybridized carbons (Fsp3) is 0.692. The summed E-state index contributed by atoms with van der Waals surface area (Å²) in [7, 11) is 0. The first-order valence-electron chi connectivity index (χ1n) is 6.32. The van der Waals surface area contributed by atoms with E-state index in [2.05, 4.69) is 24.1 Å². The van der Waals surface area contributed by atoms with Crippen LogP contribution in [0.1, 0.15) is 38.4 Å². The van der Waals surface area contributed by atoms with Gasteiger partial charge < -0.3 is 10.1 Å². The number of aryl methyl sites for hydroxylation is 1. The monoisotopic (exact) mass is 270 g/mol. The van der Waals surface area contributed by atoms with Gasteiger partial charge in [0.25, 0.3) is 5.91 Å². The van der Waals surface area contributed by atoms with Gasteiger partial charge in [-0.3, -0.25) is 4.79 Å². The van der Waals surface area contributed by atoms with E-state index in [9.17, 15) is 4.79 Å². The van der Waals surface area contributed by atoms with E-state index in [0.29, 0.717) is 12.5 Å². The Kier molecular flexibility index (Phi) is 5.75. The smallest absolute Gasteiger partial charge is 0.253 e. The minimum absolute atomic E-state index is 0.106. The minimum Gasteiger partial charge on any atom is -0.369 e. The van der Waals surface area contributed by atoms with Crippen LogP contribution in [0, 0.1) is 12.8 Å². The van der Waals surface area contributed by atoms with E-state index in [4.69, 9.17) is 4.74 Å². The van der Waals surface area contributed by atoms with E-state index < -0.39 is 6.10 Å². The van der Waals surface area contributed by atoms with Crippen molar-refractivity contribution in [2.75, 3.05) is 11.9 Å². The molecular formula is C13H22N2O2S. The molecule has 0 radical (unpaired) electrons. The van der Waals surface area contributed by atoms with Crippen molar-refractivity contribution in [2.24, 2.45) is 5.92 Å². The standard InChI is InChI=1S/C13H22N2O2S/c1-6-17-9(4)12(16)15-13-11(7-8(2)3)14-10(5)18-13/h8-9H,6-7H2,1-5H3,(H,15,16). The number of aromatic nitrogens is 1. The van der Waals surface area contributed by atoms with Gasteiger partial charge >= 0.3 is 0 Å². The van der Waals surface area contributed by atoms with Gasteiger partial charge in [-0.2, -0.15) is 0 Å². The van der Waals surface area contributed by atoms with Crippen molar-refractivity contribution in [1.82, 2.24) is 4.98 Å². The van der Waals surface area contributed by atoms with Gasteiger partial charge in [-0.05, 0) is 33.1 Å². The van der Waals surface area contributed by atoms with E-state index in [1.165, 1.54) is 11.3 Å². The van der Waals surface area contributed by atoms with Crippen molar-refractivity contribution in [2.45, 2.75) is 47.1 Å². The second-order valence-corrected chi connectivity index (χ2v) is 5.90. The van der Waals surface area contributed by atoms with Crippen LogP contribution in [0.25, 0.3) is 0 Å². The summed E-state index contributed by atoms with van der Waals surface area (Å²) < 4.78 is 5.28. The molecule has 1 unspecified atom stereocenters. The maximum absolute atomic E-state index is 11.9. The third kappa shape index (κ3) is 4.38. The lowest BCUT2D eigenvalue weighted by atomic mass is 10.1. The lowest BCUT2D eigenvalue weighted by Gasteiger charge is -2.12. The summed E-state index contributed by atoms with van der Waals surface area (Å²) in [5.41, 5.74) is 0.976. The van der Waals surface area contributed by atoms with E-state index in [0.717, 1.165) is 22.1 Å². The number of amides is 1. The average Bonchev–Trinajstić information content (AvgIpc) is 2.58. The molecule has 0 aliphatic carbocycles. The van der Waals surface area contributed by atoms with Gasteiger partial charge in [-0.1, -0.05) is 13.8 Å². The Labute approximate surface area is 113 Å². The highest BCUT2D eigenvalue weighted by atomic mass is 32.1. The molecule has 0 fully saturated rings. The Morgan fingerprint density at radius 1 is 1.44 bits per heavy atom. The summed E-state index contributed by atoms with van der Waals surface area (Å²) in [5, 5.41) is 4.75. The lowest BCUT2D eigenvalue weighted by Crippen LogP contribution is -2.27. The van der Waals surface area contributed by atoms with Gasteiger partial charge in [-0.25, -0.2) is 4.98 Å². The molecule has 4 nitrogen and oxygen atoms in total. The summed E-state index contributed by atoms with van der Waals surface area (Å²) in [5.74, 6) is 0.414. The fourth-order valence-electron chi connectivity index (χ4n) is 1.63. The summed E-state index contributed by atoms with van der Waals surface area (Å²) in [4.78, 5) is 16.4. The molecule has 1 aromatic heterocycles. The Balaban J connectivity index is 2.74. The molecule has 0 saturated heterocycles. The predicted octanol–water partition coefficient (Wildman–Crippen LogP) is 3.01. The summed E-state index contributed by atoms with van der Waals surface area (Å²) >= 11 is 1.52. The van der Waals surface area contributed by atoms with Crippen LogP contribution in [0.3, 0.4) is 0 Å². The van der Waals surface area contributed by atoms with E-state index in [-0.39, 0.29) is 5.91 Å². The maximum atomic E-state index is 11.9. The first kappa shape index (κ1) is 15.1. The van der Waals surface area contributed by atoms with Gasteiger partial charge in [0.05, 0.1) is 10.7 Å². The quantitative estimate of drug-likeness (QED) is 0.864. The first-order chi connectivity index (χ1) is 8.43. The molecule has 0 aromatic carbocycles. The number of nitrogens with one attached hydrogen (secondary N) is 1. The zero-order valence-corrected chi connectivity index (χ0v) is 12.6. The molecule has 1 aromatic rings. The molecule has 0 saturated carbocycles. The molecule has 1 amide bonds. The number of carbonyl (C=O) groups is 1. The molecule has 1 atom stereocenters. The third-order valence-corrected chi connectivity index (χ3v) is 3.36. The van der Waals surface area contributed by atoms with E-state index in [1.54, 1.807) is 6.92 Å². The van der Waals surface area contributed by atoms with Crippen LogP contribution in [0.2, 0.25) is 0 Å². The molecule has 0 spiro atoms. The largest absolute Gasteiger partial charge is 0.369 e. The van der Waals surface area contributed by atoms with Crippen LogP contribution in [0.15, 0.2) is 0 Å². The molecule has 5 heteroatoms. The lowest BCUT2D eigenvalue weighted by molar-refractivity contribution is -0.126. The van der Waals surface area contributed by atoms with Gasteiger partial charge in [0.2, 0.25) is 0 Å². The second kappa shape index (κ2) is 6.85. The number of hydrogen-bond donors (Lipinski definition) is 1. The van der Waals surface area contributed by atoms with Crippen LogP contribution in [-0.2, 0) is 16.0 Å². The number of rotatable bonds is 6. The van der Waals surface area contributed by atoms with E-state index >= 15 is 0 Å². The molecule has 102 valence electrons. The summed E-state index contributed by atoms with van der Waals surface area (Å²) in [6.07, 6.45) is 0.451. The number of nitrogens with zero attached hydrogens (tertiary/aromatic N) is 1. The number of ether oxygens (including phenoxy) is 1. The zero-order valence-electron chi connectivity index (χ0n) is 11.7. The molecule has 18 heavy (non-hydrogen) atoms. The van der Waals surface area contributed by atoms with Crippen molar-refractivity contribution in [1.29, 1.82) is 0 Å². The molecular weight excluding hydrogens is 248 g/mol. The Hall–Kier alpha value is -0.940. The average molecular weight is 270 g/mol. The molecule has 1 rings (SSSR count). The first-order valence-corrected chi connectivity index (χ1v) is 7.14.